The van der Waals surface area contributed by atoms with Gasteiger partial charge in [-0.15, -0.1) is 0 Å². The van der Waals surface area contributed by atoms with E-state index in [1.807, 2.05) is 14.1 Å². The van der Waals surface area contributed by atoms with E-state index in [9.17, 15) is 5.11 Å². The molecule has 1 aliphatic heterocycles. The molecule has 4 nitrogen and oxygen atoms in total. The van der Waals surface area contributed by atoms with Gasteiger partial charge in [-0.3, -0.25) is 0 Å². The molecule has 4 heteroatoms. The Morgan fingerprint density at radius 2 is 1.78 bits per heavy atom. The fraction of sp³-hybridized carbons (Fsp3) is 0.625. The van der Waals surface area contributed by atoms with E-state index < -0.39 is 0 Å². The Kier molecular flexibility index (Phi) is 8.80. The molecule has 3 N–H and O–H groups in total. The first-order valence-corrected chi connectivity index (χ1v) is 14.1. The number of rotatable bonds is 1. The van der Waals surface area contributed by atoms with Crippen molar-refractivity contribution in [3.8, 4) is 0 Å². The van der Waals surface area contributed by atoms with Crippen LogP contribution in [0.1, 0.15) is 80.9 Å². The molecule has 0 aromatic heterocycles. The minimum atomic E-state index is -0.109. The van der Waals surface area contributed by atoms with Crippen molar-refractivity contribution in [2.24, 2.45) is 23.2 Å². The summed E-state index contributed by atoms with van der Waals surface area (Å²) in [5.74, 6) is 2.93. The number of hydrogen-bond donors (Lipinski definition) is 3. The van der Waals surface area contributed by atoms with E-state index in [1.165, 1.54) is 49.7 Å². The Bertz CT molecular complexity index is 996. The van der Waals surface area contributed by atoms with Crippen LogP contribution in [0.3, 0.4) is 0 Å². The molecule has 0 bridgehead atoms. The molecule has 1 heterocycles. The maximum Gasteiger partial charge on any atom is 0.0577 e. The van der Waals surface area contributed by atoms with Gasteiger partial charge in [0.15, 0.2) is 0 Å². The Labute approximate surface area is 219 Å². The first kappa shape index (κ1) is 27.2. The minimum Gasteiger partial charge on any atom is -0.400 e. The molecule has 36 heavy (non-hydrogen) atoms. The molecule has 1 aromatic carbocycles. The smallest absolute Gasteiger partial charge is 0.0577 e. The summed E-state index contributed by atoms with van der Waals surface area (Å²) in [6.07, 6.45) is 19.2. The van der Waals surface area contributed by atoms with Gasteiger partial charge in [-0.05, 0) is 129 Å². The van der Waals surface area contributed by atoms with Crippen LogP contribution in [0.5, 0.6) is 0 Å². The number of fused-ring (bicyclic) bond motifs is 5. The number of benzene rings is 1. The summed E-state index contributed by atoms with van der Waals surface area (Å²) in [5.41, 5.74) is 8.01. The maximum atomic E-state index is 10.2. The first-order chi connectivity index (χ1) is 17.4. The van der Waals surface area contributed by atoms with Gasteiger partial charge in [0, 0.05) is 20.7 Å². The van der Waals surface area contributed by atoms with Gasteiger partial charge < -0.3 is 20.4 Å². The van der Waals surface area contributed by atoms with Crippen molar-refractivity contribution in [3.63, 3.8) is 0 Å². The van der Waals surface area contributed by atoms with Crippen LogP contribution < -0.4 is 5.32 Å². The van der Waals surface area contributed by atoms with E-state index >= 15 is 0 Å². The van der Waals surface area contributed by atoms with Gasteiger partial charge in [-0.25, -0.2) is 0 Å². The van der Waals surface area contributed by atoms with Crippen LogP contribution in [0.2, 0.25) is 0 Å². The summed E-state index contributed by atoms with van der Waals surface area (Å²) in [6, 6.07) is 7.32. The summed E-state index contributed by atoms with van der Waals surface area (Å²) in [7, 11) is 6.92. The van der Waals surface area contributed by atoms with Crippen molar-refractivity contribution < 1.29 is 10.2 Å². The van der Waals surface area contributed by atoms with Crippen molar-refractivity contribution in [3.05, 3.63) is 64.4 Å². The monoisotopic (exact) mass is 492 g/mol. The predicted octanol–water partition coefficient (Wildman–Crippen LogP) is 5.87. The van der Waals surface area contributed by atoms with Gasteiger partial charge >= 0.3 is 0 Å². The van der Waals surface area contributed by atoms with Gasteiger partial charge in [0.05, 0.1) is 6.10 Å². The molecule has 0 saturated heterocycles. The van der Waals surface area contributed by atoms with Gasteiger partial charge in [-0.1, -0.05) is 42.8 Å². The number of nitrogens with zero attached hydrogens (tertiary/aromatic N) is 1. The zero-order valence-electron chi connectivity index (χ0n) is 23.1. The minimum absolute atomic E-state index is 0.109. The van der Waals surface area contributed by atoms with Crippen LogP contribution >= 0.6 is 0 Å². The number of allylic oxidation sites excluding steroid dienone is 3. The summed E-state index contributed by atoms with van der Waals surface area (Å²) in [4.78, 5) is 2.29. The van der Waals surface area contributed by atoms with E-state index in [-0.39, 0.29) is 6.10 Å². The van der Waals surface area contributed by atoms with Gasteiger partial charge in [-0.2, -0.15) is 0 Å². The third-order valence-corrected chi connectivity index (χ3v) is 9.62. The van der Waals surface area contributed by atoms with Crippen LogP contribution in [0.15, 0.2) is 47.7 Å². The standard InChI is InChI=1S/C29H37NO.C2H7N.CH4O/c1-29-13-11-21-15-23-17-25(31)7-5-19(23)6-8-26(21)28(29)10-9-27(29)22-4-3-20-12-14-30(2)18-24(20)16-22;1-3-2;1-2/h3-4,11-12,14-16,19,25-28,31H,5-10,13,17-18H2,1-2H3;3H,1-2H3;2H,1H3. The molecule has 6 unspecified atom stereocenters. The average molecular weight is 493 g/mol. The molecule has 6 atom stereocenters. The molecule has 2 fully saturated rings. The van der Waals surface area contributed by atoms with Crippen molar-refractivity contribution in [2.45, 2.75) is 76.9 Å². The first-order valence-electron chi connectivity index (χ1n) is 14.1. The molecule has 5 aliphatic rings. The number of aliphatic hydroxyl groups excluding tert-OH is 2. The normalized spacial score (nSPS) is 34.2. The topological polar surface area (TPSA) is 55.7 Å². The maximum absolute atomic E-state index is 10.2. The second-order valence-electron chi connectivity index (χ2n) is 11.9. The third kappa shape index (κ3) is 5.23. The van der Waals surface area contributed by atoms with Crippen LogP contribution in [-0.2, 0) is 6.54 Å². The number of nitrogens with one attached hydrogen (secondary N) is 1. The van der Waals surface area contributed by atoms with Crippen LogP contribution in [0.25, 0.3) is 6.08 Å². The largest absolute Gasteiger partial charge is 0.400 e. The molecule has 0 amide bonds. The lowest BCUT2D eigenvalue weighted by molar-refractivity contribution is 0.125. The molecule has 1 aromatic rings. The second kappa shape index (κ2) is 11.7. The Balaban J connectivity index is 0.000000569. The van der Waals surface area contributed by atoms with Crippen molar-refractivity contribution in [2.75, 3.05) is 28.3 Å². The average Bonchev–Trinajstić information content (AvgIpc) is 3.12. The van der Waals surface area contributed by atoms with Crippen molar-refractivity contribution >= 4 is 6.08 Å². The van der Waals surface area contributed by atoms with Crippen LogP contribution in [0.4, 0.5) is 0 Å². The fourth-order valence-corrected chi connectivity index (χ4v) is 7.91. The second-order valence-corrected chi connectivity index (χ2v) is 11.9. The summed E-state index contributed by atoms with van der Waals surface area (Å²) in [5, 5.41) is 20.0. The molecule has 0 radical (unpaired) electrons. The number of aliphatic hydroxyl groups is 2. The van der Waals surface area contributed by atoms with Gasteiger partial charge in [0.25, 0.3) is 0 Å². The SMILES string of the molecule is CN1C=Cc2ccc(C3CCC4C5CCC6CCC(O)CC6=CC5=CCC34C)cc2C1.CNC.CO. The molecule has 6 rings (SSSR count). The van der Waals surface area contributed by atoms with Crippen LogP contribution in [0, 0.1) is 23.2 Å². The lowest BCUT2D eigenvalue weighted by atomic mass is 9.60. The Hall–Kier alpha value is -1.88. The van der Waals surface area contributed by atoms with Gasteiger partial charge in [0.2, 0.25) is 0 Å². The zero-order valence-corrected chi connectivity index (χ0v) is 23.1. The third-order valence-electron chi connectivity index (χ3n) is 9.62. The quantitative estimate of drug-likeness (QED) is 0.459. The van der Waals surface area contributed by atoms with E-state index in [0.29, 0.717) is 11.3 Å². The molecule has 2 saturated carbocycles. The summed E-state index contributed by atoms with van der Waals surface area (Å²) >= 11 is 0. The lowest BCUT2D eigenvalue weighted by Gasteiger charge is -2.44. The van der Waals surface area contributed by atoms with E-state index in [0.717, 1.165) is 44.2 Å². The highest BCUT2D eigenvalue weighted by Crippen LogP contribution is 2.62. The number of hydrogen-bond acceptors (Lipinski definition) is 4. The highest BCUT2D eigenvalue weighted by Gasteiger charge is 2.52. The predicted molar refractivity (Wildman–Crippen MR) is 150 cm³/mol. The van der Waals surface area contributed by atoms with Gasteiger partial charge in [0.1, 0.15) is 0 Å². The van der Waals surface area contributed by atoms with Crippen molar-refractivity contribution in [1.82, 2.24) is 10.2 Å². The Morgan fingerprint density at radius 3 is 2.56 bits per heavy atom. The zero-order chi connectivity index (χ0) is 25.9. The van der Waals surface area contributed by atoms with E-state index in [1.54, 1.807) is 16.7 Å². The molecule has 0 spiro atoms. The molecule has 198 valence electrons. The molecular weight excluding hydrogens is 444 g/mol. The summed E-state index contributed by atoms with van der Waals surface area (Å²) < 4.78 is 0. The fourth-order valence-electron chi connectivity index (χ4n) is 7.91. The lowest BCUT2D eigenvalue weighted by Crippen LogP contribution is -2.35. The highest BCUT2D eigenvalue weighted by molar-refractivity contribution is 5.57. The highest BCUT2D eigenvalue weighted by atomic mass is 16.3. The van der Waals surface area contributed by atoms with E-state index in [2.05, 4.69) is 66.8 Å². The molecular formula is C32H48N2O2. The summed E-state index contributed by atoms with van der Waals surface area (Å²) in [6.45, 7) is 3.63. The van der Waals surface area contributed by atoms with Crippen LogP contribution in [-0.4, -0.2) is 49.5 Å². The molecule has 4 aliphatic carbocycles. The van der Waals surface area contributed by atoms with Crippen molar-refractivity contribution in [1.29, 1.82) is 0 Å². The van der Waals surface area contributed by atoms with E-state index in [4.69, 9.17) is 5.11 Å². The Morgan fingerprint density at radius 1 is 1.03 bits per heavy atom.